The van der Waals surface area contributed by atoms with Crippen molar-refractivity contribution >= 4 is 40.2 Å². The fourth-order valence-corrected chi connectivity index (χ4v) is 5.99. The van der Waals surface area contributed by atoms with Crippen molar-refractivity contribution in [3.63, 3.8) is 0 Å². The highest BCUT2D eigenvalue weighted by atomic mass is 32.1. The minimum absolute atomic E-state index is 0.251. The van der Waals surface area contributed by atoms with Crippen LogP contribution in [0.4, 0.5) is 9.80 Å². The largest absolute Gasteiger partial charge is 0.462 e. The van der Waals surface area contributed by atoms with E-state index in [4.69, 9.17) is 4.74 Å². The molecular weight excluding hydrogens is 406 g/mol. The Kier molecular flexibility index (Phi) is 5.81. The number of ether oxygens (including phenoxy) is 1. The van der Waals surface area contributed by atoms with Gasteiger partial charge in [0.15, 0.2) is 0 Å². The molecule has 2 N–H and O–H groups in total. The zero-order chi connectivity index (χ0) is 21.3. The number of hydrogen-bond acceptors (Lipinski definition) is 6. The lowest BCUT2D eigenvalue weighted by molar-refractivity contribution is -0.134. The van der Waals surface area contributed by atoms with Gasteiger partial charge in [-0.05, 0) is 51.0 Å². The Bertz CT molecular complexity index is 887. The van der Waals surface area contributed by atoms with Gasteiger partial charge in [-0.15, -0.1) is 11.3 Å². The molecule has 162 valence electrons. The summed E-state index contributed by atoms with van der Waals surface area (Å²) in [5.74, 6) is -1.25. The molecule has 0 unspecified atom stereocenters. The Balaban J connectivity index is 1.50. The average molecular weight is 434 g/mol. The summed E-state index contributed by atoms with van der Waals surface area (Å²) in [5, 5.41) is 6.03. The number of carbonyl (C=O) groups is 4. The maximum absolute atomic E-state index is 12.9. The van der Waals surface area contributed by atoms with Gasteiger partial charge in [-0.3, -0.25) is 14.5 Å². The molecule has 8 nitrogen and oxygen atoms in total. The van der Waals surface area contributed by atoms with E-state index in [1.807, 2.05) is 0 Å². The molecule has 0 radical (unpaired) electrons. The standard InChI is InChI=1S/C21H27N3O5S/c1-2-29-18(26)16-13-8-4-5-9-14(13)30-17(16)22-15(25)12-24-19(27)21(23-20(24)28)10-6-3-7-11-21/h2-12H2,1H3,(H,22,25)(H,23,28). The number of anilines is 1. The van der Waals surface area contributed by atoms with E-state index >= 15 is 0 Å². The molecule has 1 saturated carbocycles. The molecule has 2 aliphatic carbocycles. The van der Waals surface area contributed by atoms with Gasteiger partial charge in [-0.1, -0.05) is 19.3 Å². The highest BCUT2D eigenvalue weighted by molar-refractivity contribution is 7.17. The van der Waals surface area contributed by atoms with Crippen LogP contribution in [-0.2, 0) is 27.2 Å². The minimum Gasteiger partial charge on any atom is -0.462 e. The number of aryl methyl sites for hydroxylation is 1. The number of urea groups is 1. The summed E-state index contributed by atoms with van der Waals surface area (Å²) < 4.78 is 5.21. The second kappa shape index (κ2) is 8.37. The normalized spacial score (nSPS) is 20.1. The Hall–Kier alpha value is -2.42. The van der Waals surface area contributed by atoms with E-state index in [1.165, 1.54) is 11.3 Å². The van der Waals surface area contributed by atoms with Crippen molar-refractivity contribution in [3.8, 4) is 0 Å². The number of hydrogen-bond donors (Lipinski definition) is 2. The lowest BCUT2D eigenvalue weighted by atomic mass is 9.82. The van der Waals surface area contributed by atoms with E-state index in [-0.39, 0.29) is 19.1 Å². The van der Waals surface area contributed by atoms with Crippen LogP contribution >= 0.6 is 11.3 Å². The Morgan fingerprint density at radius 2 is 1.87 bits per heavy atom. The Morgan fingerprint density at radius 1 is 1.13 bits per heavy atom. The molecule has 1 aromatic heterocycles. The molecule has 0 atom stereocenters. The predicted octanol–water partition coefficient (Wildman–Crippen LogP) is 3.00. The van der Waals surface area contributed by atoms with Gasteiger partial charge in [0.1, 0.15) is 17.1 Å². The second-order valence-electron chi connectivity index (χ2n) is 8.15. The van der Waals surface area contributed by atoms with Gasteiger partial charge < -0.3 is 15.4 Å². The molecule has 4 rings (SSSR count). The van der Waals surface area contributed by atoms with E-state index in [2.05, 4.69) is 10.6 Å². The topological polar surface area (TPSA) is 105 Å². The zero-order valence-corrected chi connectivity index (χ0v) is 18.0. The quantitative estimate of drug-likeness (QED) is 0.549. The number of imide groups is 1. The Labute approximate surface area is 179 Å². The summed E-state index contributed by atoms with van der Waals surface area (Å²) in [6.07, 6.45) is 7.74. The van der Waals surface area contributed by atoms with Crippen molar-refractivity contribution in [3.05, 3.63) is 16.0 Å². The smallest absolute Gasteiger partial charge is 0.341 e. The fourth-order valence-electron chi connectivity index (χ4n) is 4.70. The highest BCUT2D eigenvalue weighted by Gasteiger charge is 2.51. The molecule has 0 bridgehead atoms. The maximum atomic E-state index is 12.9. The van der Waals surface area contributed by atoms with Crippen molar-refractivity contribution in [2.75, 3.05) is 18.5 Å². The summed E-state index contributed by atoms with van der Waals surface area (Å²) in [6.45, 7) is 1.63. The molecule has 2 fully saturated rings. The van der Waals surface area contributed by atoms with Crippen LogP contribution in [0.15, 0.2) is 0 Å². The van der Waals surface area contributed by atoms with Crippen LogP contribution < -0.4 is 10.6 Å². The first-order valence-corrected chi connectivity index (χ1v) is 11.5. The van der Waals surface area contributed by atoms with E-state index in [1.54, 1.807) is 6.92 Å². The molecule has 9 heteroatoms. The summed E-state index contributed by atoms with van der Waals surface area (Å²) in [5.41, 5.74) is 0.523. The third-order valence-electron chi connectivity index (χ3n) is 6.16. The van der Waals surface area contributed by atoms with E-state index in [0.717, 1.165) is 60.3 Å². The van der Waals surface area contributed by atoms with E-state index in [0.29, 0.717) is 23.4 Å². The van der Waals surface area contributed by atoms with Crippen LogP contribution in [0.1, 0.15) is 72.7 Å². The highest BCUT2D eigenvalue weighted by Crippen LogP contribution is 2.39. The fraction of sp³-hybridized carbons (Fsp3) is 0.619. The van der Waals surface area contributed by atoms with Gasteiger partial charge in [0.05, 0.1) is 12.2 Å². The molecule has 2 heterocycles. The predicted molar refractivity (Wildman–Crippen MR) is 112 cm³/mol. The molecule has 4 amide bonds. The van der Waals surface area contributed by atoms with Crippen LogP contribution in [-0.4, -0.2) is 47.4 Å². The van der Waals surface area contributed by atoms with Crippen LogP contribution in [0.5, 0.6) is 0 Å². The average Bonchev–Trinajstić information content (AvgIpc) is 3.19. The van der Waals surface area contributed by atoms with Gasteiger partial charge in [0.25, 0.3) is 5.91 Å². The van der Waals surface area contributed by atoms with Crippen molar-refractivity contribution in [1.82, 2.24) is 10.2 Å². The molecule has 1 aliphatic heterocycles. The second-order valence-corrected chi connectivity index (χ2v) is 9.25. The van der Waals surface area contributed by atoms with E-state index in [9.17, 15) is 19.2 Å². The van der Waals surface area contributed by atoms with Crippen molar-refractivity contribution in [1.29, 1.82) is 0 Å². The van der Waals surface area contributed by atoms with Crippen LogP contribution in [0.3, 0.4) is 0 Å². The summed E-state index contributed by atoms with van der Waals surface area (Å²) in [4.78, 5) is 52.7. The number of esters is 1. The van der Waals surface area contributed by atoms with Crippen LogP contribution in [0, 0.1) is 0 Å². The SMILES string of the molecule is CCOC(=O)c1c(NC(=O)CN2C(=O)NC3(CCCCC3)C2=O)sc2c1CCCC2. The molecule has 0 aromatic carbocycles. The molecular formula is C21H27N3O5S. The van der Waals surface area contributed by atoms with Gasteiger partial charge in [-0.25, -0.2) is 9.59 Å². The van der Waals surface area contributed by atoms with Gasteiger partial charge in [0, 0.05) is 4.88 Å². The monoisotopic (exact) mass is 433 g/mol. The number of thiophene rings is 1. The lowest BCUT2D eigenvalue weighted by Gasteiger charge is -2.30. The summed E-state index contributed by atoms with van der Waals surface area (Å²) in [7, 11) is 0. The summed E-state index contributed by atoms with van der Waals surface area (Å²) >= 11 is 1.39. The third-order valence-corrected chi connectivity index (χ3v) is 7.37. The minimum atomic E-state index is -0.853. The first-order chi connectivity index (χ1) is 14.4. The van der Waals surface area contributed by atoms with Crippen molar-refractivity contribution in [2.45, 2.75) is 70.3 Å². The Morgan fingerprint density at radius 3 is 2.60 bits per heavy atom. The van der Waals surface area contributed by atoms with Crippen LogP contribution in [0.25, 0.3) is 0 Å². The van der Waals surface area contributed by atoms with Crippen molar-refractivity contribution < 1.29 is 23.9 Å². The number of fused-ring (bicyclic) bond motifs is 1. The van der Waals surface area contributed by atoms with Gasteiger partial charge in [-0.2, -0.15) is 0 Å². The number of amides is 4. The maximum Gasteiger partial charge on any atom is 0.341 e. The number of nitrogens with one attached hydrogen (secondary N) is 2. The molecule has 1 spiro atoms. The molecule has 30 heavy (non-hydrogen) atoms. The van der Waals surface area contributed by atoms with Crippen molar-refractivity contribution in [2.24, 2.45) is 0 Å². The van der Waals surface area contributed by atoms with Gasteiger partial charge in [0.2, 0.25) is 5.91 Å². The number of carbonyl (C=O) groups excluding carboxylic acids is 4. The molecule has 1 aromatic rings. The lowest BCUT2D eigenvalue weighted by Crippen LogP contribution is -2.48. The number of nitrogens with zero attached hydrogens (tertiary/aromatic N) is 1. The number of rotatable bonds is 5. The first-order valence-electron chi connectivity index (χ1n) is 10.7. The van der Waals surface area contributed by atoms with Gasteiger partial charge >= 0.3 is 12.0 Å². The first kappa shape index (κ1) is 20.8. The molecule has 1 saturated heterocycles. The van der Waals surface area contributed by atoms with Crippen LogP contribution in [0.2, 0.25) is 0 Å². The molecule has 3 aliphatic rings. The van der Waals surface area contributed by atoms with E-state index < -0.39 is 23.4 Å². The third kappa shape index (κ3) is 3.71. The summed E-state index contributed by atoms with van der Waals surface area (Å²) in [6, 6.07) is -0.520. The zero-order valence-electron chi connectivity index (χ0n) is 17.2.